The van der Waals surface area contributed by atoms with Gasteiger partial charge in [0, 0.05) is 30.8 Å². The number of methoxy groups -OCH3 is 1. The van der Waals surface area contributed by atoms with Crippen molar-refractivity contribution in [3.63, 3.8) is 0 Å². The van der Waals surface area contributed by atoms with E-state index in [0.717, 1.165) is 30.9 Å². The summed E-state index contributed by atoms with van der Waals surface area (Å²) in [5.41, 5.74) is 0. The molecule has 0 aromatic heterocycles. The minimum Gasteiger partial charge on any atom is -0.385 e. The smallest absolute Gasteiger partial charge is 0.0474 e. The first kappa shape index (κ1) is 10.4. The Balaban J connectivity index is 1.93. The van der Waals surface area contributed by atoms with Crippen LogP contribution in [0.25, 0.3) is 0 Å². The summed E-state index contributed by atoms with van der Waals surface area (Å²) >= 11 is 2.08. The van der Waals surface area contributed by atoms with E-state index in [2.05, 4.69) is 24.0 Å². The highest BCUT2D eigenvalue weighted by Gasteiger charge is 2.20. The Morgan fingerprint density at radius 2 is 2.42 bits per heavy atom. The number of hydrogen-bond donors (Lipinski definition) is 1. The molecule has 1 aliphatic rings. The molecule has 0 saturated carbocycles. The van der Waals surface area contributed by atoms with Crippen molar-refractivity contribution < 1.29 is 4.74 Å². The second-order valence-electron chi connectivity index (χ2n) is 3.38. The van der Waals surface area contributed by atoms with Gasteiger partial charge in [-0.25, -0.2) is 0 Å². The highest BCUT2D eigenvalue weighted by atomic mass is 32.2. The van der Waals surface area contributed by atoms with Crippen LogP contribution < -0.4 is 5.32 Å². The van der Waals surface area contributed by atoms with Crippen molar-refractivity contribution in [2.45, 2.75) is 31.1 Å². The molecule has 0 aromatic rings. The van der Waals surface area contributed by atoms with Crippen LogP contribution >= 0.6 is 11.8 Å². The monoisotopic (exact) mass is 189 g/mol. The number of ether oxygens (including phenoxy) is 1. The van der Waals surface area contributed by atoms with Crippen molar-refractivity contribution in [3.8, 4) is 0 Å². The van der Waals surface area contributed by atoms with Gasteiger partial charge in [-0.1, -0.05) is 6.92 Å². The predicted molar refractivity (Wildman–Crippen MR) is 54.8 cm³/mol. The van der Waals surface area contributed by atoms with E-state index in [0.29, 0.717) is 0 Å². The Bertz CT molecular complexity index is 121. The number of nitrogens with one attached hydrogen (secondary N) is 1. The molecule has 1 saturated heterocycles. The minimum absolute atomic E-state index is 0.752. The summed E-state index contributed by atoms with van der Waals surface area (Å²) in [7, 11) is 1.76. The summed E-state index contributed by atoms with van der Waals surface area (Å²) in [6.07, 6.45) is 2.46. The molecular formula is C9H19NOS. The molecule has 0 spiro atoms. The van der Waals surface area contributed by atoms with Gasteiger partial charge in [-0.15, -0.1) is 0 Å². The quantitative estimate of drug-likeness (QED) is 0.662. The molecule has 0 radical (unpaired) electrons. The fourth-order valence-corrected chi connectivity index (χ4v) is 2.67. The summed E-state index contributed by atoms with van der Waals surface area (Å²) in [5, 5.41) is 4.40. The Kier molecular flexibility index (Phi) is 5.04. The van der Waals surface area contributed by atoms with Crippen LogP contribution in [0.4, 0.5) is 0 Å². The molecule has 2 nitrogen and oxygen atoms in total. The number of thioether (sulfide) groups is 1. The van der Waals surface area contributed by atoms with Crippen LogP contribution in [-0.2, 0) is 4.74 Å². The molecule has 2 atom stereocenters. The lowest BCUT2D eigenvalue weighted by atomic mass is 10.2. The highest BCUT2D eigenvalue weighted by Crippen LogP contribution is 2.25. The average Bonchev–Trinajstić information content (AvgIpc) is 2.45. The molecule has 0 bridgehead atoms. The lowest BCUT2D eigenvalue weighted by Gasteiger charge is -2.10. The van der Waals surface area contributed by atoms with E-state index in [1.54, 1.807) is 7.11 Å². The van der Waals surface area contributed by atoms with Gasteiger partial charge in [0.25, 0.3) is 0 Å². The fraction of sp³-hybridized carbons (Fsp3) is 1.00. The average molecular weight is 189 g/mol. The molecule has 72 valence electrons. The normalized spacial score (nSPS) is 29.5. The maximum Gasteiger partial charge on any atom is 0.0474 e. The van der Waals surface area contributed by atoms with Crippen molar-refractivity contribution in [2.24, 2.45) is 0 Å². The van der Waals surface area contributed by atoms with E-state index >= 15 is 0 Å². The van der Waals surface area contributed by atoms with Gasteiger partial charge in [-0.05, 0) is 19.4 Å². The standard InChI is InChI=1S/C9H19NOS/c1-8-6-9(7-12-8)10-4-3-5-11-2/h8-10H,3-7H2,1-2H3. The molecule has 1 fully saturated rings. The molecule has 0 amide bonds. The van der Waals surface area contributed by atoms with Crippen LogP contribution in [0.2, 0.25) is 0 Å². The lowest BCUT2D eigenvalue weighted by molar-refractivity contribution is 0.193. The maximum atomic E-state index is 4.98. The van der Waals surface area contributed by atoms with Gasteiger partial charge in [0.2, 0.25) is 0 Å². The minimum atomic E-state index is 0.752. The predicted octanol–water partition coefficient (Wildman–Crippen LogP) is 1.51. The summed E-state index contributed by atoms with van der Waals surface area (Å²) in [6.45, 7) is 4.29. The van der Waals surface area contributed by atoms with Crippen LogP contribution in [0, 0.1) is 0 Å². The highest BCUT2D eigenvalue weighted by molar-refractivity contribution is 8.00. The van der Waals surface area contributed by atoms with Crippen LogP contribution in [0.5, 0.6) is 0 Å². The molecule has 2 unspecified atom stereocenters. The Morgan fingerprint density at radius 1 is 1.58 bits per heavy atom. The Morgan fingerprint density at radius 3 is 3.00 bits per heavy atom. The van der Waals surface area contributed by atoms with E-state index in [4.69, 9.17) is 4.74 Å². The summed E-state index contributed by atoms with van der Waals surface area (Å²) < 4.78 is 4.98. The molecule has 0 aromatic carbocycles. The molecule has 12 heavy (non-hydrogen) atoms. The van der Waals surface area contributed by atoms with Gasteiger partial charge >= 0.3 is 0 Å². The van der Waals surface area contributed by atoms with Crippen LogP contribution in [0.15, 0.2) is 0 Å². The molecule has 1 N–H and O–H groups in total. The number of hydrogen-bond acceptors (Lipinski definition) is 3. The second kappa shape index (κ2) is 5.84. The molecule has 1 aliphatic heterocycles. The SMILES string of the molecule is COCCCNC1CSC(C)C1. The third-order valence-electron chi connectivity index (χ3n) is 2.16. The lowest BCUT2D eigenvalue weighted by Crippen LogP contribution is -2.30. The van der Waals surface area contributed by atoms with Crippen molar-refractivity contribution >= 4 is 11.8 Å². The maximum absolute atomic E-state index is 4.98. The third kappa shape index (κ3) is 3.78. The molecule has 1 rings (SSSR count). The molecule has 0 aliphatic carbocycles. The van der Waals surface area contributed by atoms with Crippen molar-refractivity contribution in [2.75, 3.05) is 26.0 Å². The van der Waals surface area contributed by atoms with Gasteiger partial charge in [-0.3, -0.25) is 0 Å². The summed E-state index contributed by atoms with van der Waals surface area (Å²) in [4.78, 5) is 0. The van der Waals surface area contributed by atoms with E-state index < -0.39 is 0 Å². The molecule has 1 heterocycles. The van der Waals surface area contributed by atoms with Gasteiger partial charge in [0.1, 0.15) is 0 Å². The molecule has 3 heteroatoms. The van der Waals surface area contributed by atoms with E-state index in [1.165, 1.54) is 12.2 Å². The Hall–Kier alpha value is 0.270. The zero-order valence-corrected chi connectivity index (χ0v) is 8.82. The van der Waals surface area contributed by atoms with Crippen LogP contribution in [-0.4, -0.2) is 37.3 Å². The second-order valence-corrected chi connectivity index (χ2v) is 4.85. The van der Waals surface area contributed by atoms with Crippen molar-refractivity contribution in [3.05, 3.63) is 0 Å². The topological polar surface area (TPSA) is 21.3 Å². The van der Waals surface area contributed by atoms with Gasteiger partial charge < -0.3 is 10.1 Å². The summed E-state index contributed by atoms with van der Waals surface area (Å²) in [5.74, 6) is 1.29. The molecular weight excluding hydrogens is 170 g/mol. The van der Waals surface area contributed by atoms with Gasteiger partial charge in [0.05, 0.1) is 0 Å². The van der Waals surface area contributed by atoms with Crippen molar-refractivity contribution in [1.29, 1.82) is 0 Å². The largest absolute Gasteiger partial charge is 0.385 e. The first-order valence-electron chi connectivity index (χ1n) is 4.67. The van der Waals surface area contributed by atoms with Gasteiger partial charge in [0.15, 0.2) is 0 Å². The third-order valence-corrected chi connectivity index (χ3v) is 3.51. The van der Waals surface area contributed by atoms with E-state index in [9.17, 15) is 0 Å². The van der Waals surface area contributed by atoms with E-state index in [-0.39, 0.29) is 0 Å². The fourth-order valence-electron chi connectivity index (χ4n) is 1.48. The first-order chi connectivity index (χ1) is 5.83. The zero-order chi connectivity index (χ0) is 8.81. The Labute approximate surface area is 79.4 Å². The van der Waals surface area contributed by atoms with Crippen LogP contribution in [0.3, 0.4) is 0 Å². The van der Waals surface area contributed by atoms with E-state index in [1.807, 2.05) is 0 Å². The van der Waals surface area contributed by atoms with Crippen molar-refractivity contribution in [1.82, 2.24) is 5.32 Å². The van der Waals surface area contributed by atoms with Gasteiger partial charge in [-0.2, -0.15) is 11.8 Å². The van der Waals surface area contributed by atoms with Crippen LogP contribution in [0.1, 0.15) is 19.8 Å². The zero-order valence-electron chi connectivity index (χ0n) is 8.01. The number of rotatable bonds is 5. The summed E-state index contributed by atoms with van der Waals surface area (Å²) in [6, 6.07) is 0.752. The first-order valence-corrected chi connectivity index (χ1v) is 5.71.